The Bertz CT molecular complexity index is 665. The second-order valence-electron chi connectivity index (χ2n) is 4.60. The summed E-state index contributed by atoms with van der Waals surface area (Å²) in [5, 5.41) is 10.5. The number of nitro groups is 1. The Morgan fingerprint density at radius 2 is 1.96 bits per heavy atom. The highest BCUT2D eigenvalue weighted by molar-refractivity contribution is 7.89. The Morgan fingerprint density at radius 3 is 2.39 bits per heavy atom. The lowest BCUT2D eigenvalue weighted by molar-refractivity contribution is -0.385. The van der Waals surface area contributed by atoms with E-state index in [4.69, 9.17) is 5.73 Å². The van der Waals surface area contributed by atoms with Crippen LogP contribution in [0.25, 0.3) is 0 Å². The molecule has 7 nitrogen and oxygen atoms in total. The second kappa shape index (κ2) is 7.90. The lowest BCUT2D eigenvalue weighted by atomic mass is 10.2. The molecule has 3 N–H and O–H groups in total. The average Bonchev–Trinajstić information content (AvgIpc) is 2.36. The van der Waals surface area contributed by atoms with Gasteiger partial charge in [0.05, 0.1) is 15.4 Å². The van der Waals surface area contributed by atoms with Crippen molar-refractivity contribution < 1.29 is 26.5 Å². The van der Waals surface area contributed by atoms with E-state index in [1.54, 1.807) is 6.92 Å². The van der Waals surface area contributed by atoms with Gasteiger partial charge in [-0.2, -0.15) is 13.2 Å². The smallest absolute Gasteiger partial charge is 0.328 e. The maximum atomic E-state index is 12.9. The zero-order valence-corrected chi connectivity index (χ0v) is 13.5. The third-order valence-electron chi connectivity index (χ3n) is 2.66. The molecule has 1 aromatic carbocycles. The first-order chi connectivity index (χ1) is 9.95. The summed E-state index contributed by atoms with van der Waals surface area (Å²) in [6.45, 7) is 1.47. The Hall–Kier alpha value is -1.43. The summed E-state index contributed by atoms with van der Waals surface area (Å²) in [5.74, 6) is 0. The summed E-state index contributed by atoms with van der Waals surface area (Å²) in [7, 11) is -4.46. The third-order valence-corrected chi connectivity index (χ3v) is 4.18. The van der Waals surface area contributed by atoms with E-state index in [1.165, 1.54) is 0 Å². The first-order valence-electron chi connectivity index (χ1n) is 6.06. The standard InChI is InChI=1S/C11H14F3N3O4S.ClH/c1-7(15)4-5-16-22(20,21)10-3-2-8(17(18)19)6-9(10)11(12,13)14;/h2-3,6-7,16H,4-5,15H2,1H3;1H. The number of hydrogen-bond acceptors (Lipinski definition) is 5. The molecule has 0 saturated carbocycles. The van der Waals surface area contributed by atoms with Gasteiger partial charge in [0, 0.05) is 24.7 Å². The fourth-order valence-electron chi connectivity index (χ4n) is 1.59. The Kier molecular flexibility index (Phi) is 7.41. The number of non-ortho nitro benzene ring substituents is 1. The van der Waals surface area contributed by atoms with Gasteiger partial charge in [0.25, 0.3) is 5.69 Å². The highest BCUT2D eigenvalue weighted by atomic mass is 35.5. The molecule has 132 valence electrons. The molecular formula is C11H15ClF3N3O4S. The molecule has 0 spiro atoms. The van der Waals surface area contributed by atoms with Crippen molar-refractivity contribution in [2.45, 2.75) is 30.5 Å². The second-order valence-corrected chi connectivity index (χ2v) is 6.33. The van der Waals surface area contributed by atoms with E-state index in [9.17, 15) is 31.7 Å². The Morgan fingerprint density at radius 1 is 1.39 bits per heavy atom. The summed E-state index contributed by atoms with van der Waals surface area (Å²) >= 11 is 0. The van der Waals surface area contributed by atoms with E-state index >= 15 is 0 Å². The maximum Gasteiger partial charge on any atom is 0.417 e. The molecule has 0 aromatic heterocycles. The van der Waals surface area contributed by atoms with Crippen LogP contribution in [0.5, 0.6) is 0 Å². The molecule has 0 aliphatic rings. The van der Waals surface area contributed by atoms with Gasteiger partial charge < -0.3 is 5.73 Å². The van der Waals surface area contributed by atoms with Crippen LogP contribution in [0.2, 0.25) is 0 Å². The molecule has 0 amide bonds. The number of nitrogens with two attached hydrogens (primary N) is 1. The van der Waals surface area contributed by atoms with Crippen molar-refractivity contribution in [1.82, 2.24) is 4.72 Å². The molecule has 0 radical (unpaired) electrons. The SMILES string of the molecule is CC(N)CCNS(=O)(=O)c1ccc([N+](=O)[O-])cc1C(F)(F)F.Cl. The number of rotatable bonds is 6. The molecule has 1 unspecified atom stereocenters. The molecule has 0 saturated heterocycles. The predicted octanol–water partition coefficient (Wildman–Crippen LogP) is 2.05. The number of nitro benzene ring substituents is 1. The van der Waals surface area contributed by atoms with Crippen LogP contribution in [0, 0.1) is 10.1 Å². The highest BCUT2D eigenvalue weighted by Gasteiger charge is 2.38. The molecule has 1 rings (SSSR count). The fraction of sp³-hybridized carbons (Fsp3) is 0.455. The molecule has 1 atom stereocenters. The van der Waals surface area contributed by atoms with Crippen molar-refractivity contribution in [2.75, 3.05) is 6.54 Å². The molecule has 0 heterocycles. The summed E-state index contributed by atoms with van der Waals surface area (Å²) in [6.07, 6.45) is -4.81. The first-order valence-corrected chi connectivity index (χ1v) is 7.54. The monoisotopic (exact) mass is 377 g/mol. The van der Waals surface area contributed by atoms with Crippen molar-refractivity contribution in [3.8, 4) is 0 Å². The van der Waals surface area contributed by atoms with Crippen molar-refractivity contribution in [3.05, 3.63) is 33.9 Å². The van der Waals surface area contributed by atoms with E-state index in [2.05, 4.69) is 0 Å². The molecule has 12 heteroatoms. The zero-order valence-electron chi connectivity index (χ0n) is 11.8. The fourth-order valence-corrected chi connectivity index (χ4v) is 2.84. The molecule has 0 bridgehead atoms. The topological polar surface area (TPSA) is 115 Å². The van der Waals surface area contributed by atoms with Gasteiger partial charge in [-0.1, -0.05) is 0 Å². The normalized spacial score (nSPS) is 13.3. The van der Waals surface area contributed by atoms with Crippen LogP contribution in [-0.4, -0.2) is 25.9 Å². The number of benzene rings is 1. The van der Waals surface area contributed by atoms with E-state index < -0.39 is 37.3 Å². The van der Waals surface area contributed by atoms with E-state index in [-0.39, 0.29) is 37.5 Å². The van der Waals surface area contributed by atoms with Gasteiger partial charge in [-0.05, 0) is 19.4 Å². The molecule has 23 heavy (non-hydrogen) atoms. The lowest BCUT2D eigenvalue weighted by Crippen LogP contribution is -2.30. The van der Waals surface area contributed by atoms with Crippen LogP contribution in [0.1, 0.15) is 18.9 Å². The molecule has 1 aromatic rings. The van der Waals surface area contributed by atoms with Crippen LogP contribution in [-0.2, 0) is 16.2 Å². The van der Waals surface area contributed by atoms with Crippen LogP contribution in [0.3, 0.4) is 0 Å². The zero-order chi connectivity index (χ0) is 17.1. The summed E-state index contributed by atoms with van der Waals surface area (Å²) in [4.78, 5) is 8.45. The first kappa shape index (κ1) is 21.6. The summed E-state index contributed by atoms with van der Waals surface area (Å²) < 4.78 is 64.7. The Balaban J connectivity index is 0.00000484. The van der Waals surface area contributed by atoms with Gasteiger partial charge >= 0.3 is 6.18 Å². The van der Waals surface area contributed by atoms with E-state index in [0.717, 1.165) is 0 Å². The minimum atomic E-state index is -5.04. The Labute approximate surface area is 136 Å². The number of nitrogens with one attached hydrogen (secondary N) is 1. The largest absolute Gasteiger partial charge is 0.417 e. The summed E-state index contributed by atoms with van der Waals surface area (Å²) in [6, 6.07) is 1.13. The molecule has 0 aliphatic carbocycles. The van der Waals surface area contributed by atoms with E-state index in [1.807, 2.05) is 4.72 Å². The maximum absolute atomic E-state index is 12.9. The predicted molar refractivity (Wildman–Crippen MR) is 78.8 cm³/mol. The quantitative estimate of drug-likeness (QED) is 0.581. The van der Waals surface area contributed by atoms with Gasteiger partial charge in [-0.15, -0.1) is 12.4 Å². The lowest BCUT2D eigenvalue weighted by Gasteiger charge is -2.14. The van der Waals surface area contributed by atoms with Crippen molar-refractivity contribution in [2.24, 2.45) is 5.73 Å². The number of alkyl halides is 3. The van der Waals surface area contributed by atoms with Crippen molar-refractivity contribution >= 4 is 28.1 Å². The molecular weight excluding hydrogens is 363 g/mol. The number of halogens is 4. The number of sulfonamides is 1. The average molecular weight is 378 g/mol. The van der Waals surface area contributed by atoms with Gasteiger partial charge in [-0.3, -0.25) is 10.1 Å². The van der Waals surface area contributed by atoms with Gasteiger partial charge in [0.1, 0.15) is 0 Å². The molecule has 0 aliphatic heterocycles. The number of nitrogens with zero attached hydrogens (tertiary/aromatic N) is 1. The third kappa shape index (κ3) is 5.94. The van der Waals surface area contributed by atoms with Gasteiger partial charge in [-0.25, -0.2) is 13.1 Å². The van der Waals surface area contributed by atoms with Gasteiger partial charge in [0.2, 0.25) is 10.0 Å². The molecule has 0 fully saturated rings. The minimum Gasteiger partial charge on any atom is -0.328 e. The van der Waals surface area contributed by atoms with Crippen LogP contribution < -0.4 is 10.5 Å². The number of hydrogen-bond donors (Lipinski definition) is 2. The minimum absolute atomic E-state index is 0. The van der Waals surface area contributed by atoms with Crippen LogP contribution in [0.15, 0.2) is 23.1 Å². The highest BCUT2D eigenvalue weighted by Crippen LogP contribution is 2.36. The van der Waals surface area contributed by atoms with Crippen molar-refractivity contribution in [1.29, 1.82) is 0 Å². The van der Waals surface area contributed by atoms with Crippen LogP contribution in [0.4, 0.5) is 18.9 Å². The van der Waals surface area contributed by atoms with Crippen molar-refractivity contribution in [3.63, 3.8) is 0 Å². The van der Waals surface area contributed by atoms with Gasteiger partial charge in [0.15, 0.2) is 0 Å². The van der Waals surface area contributed by atoms with E-state index in [0.29, 0.717) is 12.1 Å². The van der Waals surface area contributed by atoms with Crippen LogP contribution >= 0.6 is 12.4 Å². The summed E-state index contributed by atoms with van der Waals surface area (Å²) in [5.41, 5.74) is 2.99.